The van der Waals surface area contributed by atoms with Crippen molar-refractivity contribution >= 4 is 5.97 Å². The SMILES string of the molecule is CN(C)CCc1[nH]c(=O)ccc1-c1ccc(C(=O)O)cc1. The van der Waals surface area contributed by atoms with E-state index in [-0.39, 0.29) is 11.1 Å². The summed E-state index contributed by atoms with van der Waals surface area (Å²) >= 11 is 0. The fraction of sp³-hybridized carbons (Fsp3) is 0.250. The van der Waals surface area contributed by atoms with Gasteiger partial charge in [-0.1, -0.05) is 12.1 Å². The molecule has 0 saturated carbocycles. The van der Waals surface area contributed by atoms with Crippen LogP contribution in [0.1, 0.15) is 16.1 Å². The Bertz CT molecular complexity index is 687. The lowest BCUT2D eigenvalue weighted by molar-refractivity contribution is 0.0697. The van der Waals surface area contributed by atoms with Gasteiger partial charge in [0.25, 0.3) is 0 Å². The summed E-state index contributed by atoms with van der Waals surface area (Å²) in [7, 11) is 3.95. The number of H-pyrrole nitrogens is 1. The molecule has 0 radical (unpaired) electrons. The molecule has 0 spiro atoms. The standard InChI is InChI=1S/C16H18N2O3/c1-18(2)10-9-14-13(7-8-15(19)17-14)11-3-5-12(6-4-11)16(20)21/h3-8H,9-10H2,1-2H3,(H,17,19)(H,20,21). The molecule has 1 heterocycles. The van der Waals surface area contributed by atoms with Gasteiger partial charge in [-0.05, 0) is 37.9 Å². The van der Waals surface area contributed by atoms with E-state index in [0.717, 1.165) is 29.8 Å². The van der Waals surface area contributed by atoms with Gasteiger partial charge in [0, 0.05) is 30.3 Å². The number of likely N-dealkylation sites (N-methyl/N-ethyl adjacent to an activating group) is 1. The Kier molecular flexibility index (Phi) is 4.55. The molecule has 5 heteroatoms. The lowest BCUT2D eigenvalue weighted by atomic mass is 10.0. The van der Waals surface area contributed by atoms with Crippen LogP contribution in [0.3, 0.4) is 0 Å². The first-order chi connectivity index (χ1) is 9.97. The molecule has 2 N–H and O–H groups in total. The van der Waals surface area contributed by atoms with Crippen LogP contribution >= 0.6 is 0 Å². The quantitative estimate of drug-likeness (QED) is 0.879. The van der Waals surface area contributed by atoms with Crippen molar-refractivity contribution in [3.05, 3.63) is 58.0 Å². The summed E-state index contributed by atoms with van der Waals surface area (Å²) in [4.78, 5) is 27.3. The van der Waals surface area contributed by atoms with E-state index in [1.807, 2.05) is 19.0 Å². The molecular weight excluding hydrogens is 268 g/mol. The Labute approximate surface area is 122 Å². The van der Waals surface area contributed by atoms with Crippen molar-refractivity contribution < 1.29 is 9.90 Å². The molecule has 0 aliphatic rings. The zero-order chi connectivity index (χ0) is 15.4. The van der Waals surface area contributed by atoms with E-state index < -0.39 is 5.97 Å². The maximum atomic E-state index is 11.5. The number of pyridine rings is 1. The Morgan fingerprint density at radius 2 is 1.81 bits per heavy atom. The van der Waals surface area contributed by atoms with Gasteiger partial charge in [0.15, 0.2) is 0 Å². The lowest BCUT2D eigenvalue weighted by Crippen LogP contribution is -2.18. The molecule has 21 heavy (non-hydrogen) atoms. The molecule has 0 bridgehead atoms. The van der Waals surface area contributed by atoms with Crippen molar-refractivity contribution in [2.45, 2.75) is 6.42 Å². The summed E-state index contributed by atoms with van der Waals surface area (Å²) < 4.78 is 0. The van der Waals surface area contributed by atoms with E-state index in [4.69, 9.17) is 5.11 Å². The molecule has 5 nitrogen and oxygen atoms in total. The maximum absolute atomic E-state index is 11.5. The van der Waals surface area contributed by atoms with Crippen molar-refractivity contribution in [1.82, 2.24) is 9.88 Å². The number of rotatable bonds is 5. The van der Waals surface area contributed by atoms with Crippen LogP contribution in [0.15, 0.2) is 41.2 Å². The fourth-order valence-corrected chi connectivity index (χ4v) is 2.11. The van der Waals surface area contributed by atoms with Gasteiger partial charge in [0.2, 0.25) is 5.56 Å². The van der Waals surface area contributed by atoms with Gasteiger partial charge in [-0.25, -0.2) is 4.79 Å². The minimum Gasteiger partial charge on any atom is -0.478 e. The number of carboxylic acids is 1. The number of nitrogens with zero attached hydrogens (tertiary/aromatic N) is 1. The second-order valence-corrected chi connectivity index (χ2v) is 5.15. The molecule has 0 saturated heterocycles. The molecule has 0 amide bonds. The average Bonchev–Trinajstić information content (AvgIpc) is 2.45. The molecule has 110 valence electrons. The number of hydrogen-bond acceptors (Lipinski definition) is 3. The molecule has 1 aromatic carbocycles. The minimum absolute atomic E-state index is 0.130. The number of carbonyl (C=O) groups is 1. The van der Waals surface area contributed by atoms with Crippen LogP contribution in [-0.4, -0.2) is 41.6 Å². The van der Waals surface area contributed by atoms with Crippen LogP contribution < -0.4 is 5.56 Å². The molecule has 2 rings (SSSR count). The number of aromatic nitrogens is 1. The van der Waals surface area contributed by atoms with Gasteiger partial charge in [0.1, 0.15) is 0 Å². The first-order valence-electron chi connectivity index (χ1n) is 6.68. The highest BCUT2D eigenvalue weighted by Gasteiger charge is 2.08. The van der Waals surface area contributed by atoms with Crippen LogP contribution in [-0.2, 0) is 6.42 Å². The molecule has 1 aromatic heterocycles. The van der Waals surface area contributed by atoms with Gasteiger partial charge >= 0.3 is 5.97 Å². The third kappa shape index (κ3) is 3.79. The van der Waals surface area contributed by atoms with Crippen LogP contribution in [0.2, 0.25) is 0 Å². The van der Waals surface area contributed by atoms with E-state index in [0.29, 0.717) is 0 Å². The monoisotopic (exact) mass is 286 g/mol. The second-order valence-electron chi connectivity index (χ2n) is 5.15. The van der Waals surface area contributed by atoms with Gasteiger partial charge in [-0.2, -0.15) is 0 Å². The lowest BCUT2D eigenvalue weighted by Gasteiger charge is -2.13. The van der Waals surface area contributed by atoms with E-state index in [2.05, 4.69) is 4.98 Å². The molecule has 2 aromatic rings. The van der Waals surface area contributed by atoms with Crippen molar-refractivity contribution in [2.24, 2.45) is 0 Å². The molecule has 0 aliphatic heterocycles. The largest absolute Gasteiger partial charge is 0.478 e. The Morgan fingerprint density at radius 1 is 1.14 bits per heavy atom. The van der Waals surface area contributed by atoms with Crippen molar-refractivity contribution in [1.29, 1.82) is 0 Å². The van der Waals surface area contributed by atoms with E-state index >= 15 is 0 Å². The smallest absolute Gasteiger partial charge is 0.335 e. The number of aromatic carboxylic acids is 1. The first-order valence-corrected chi connectivity index (χ1v) is 6.68. The van der Waals surface area contributed by atoms with Crippen molar-refractivity contribution in [3.63, 3.8) is 0 Å². The molecule has 0 atom stereocenters. The van der Waals surface area contributed by atoms with Crippen LogP contribution in [0.4, 0.5) is 0 Å². The topological polar surface area (TPSA) is 73.4 Å². The normalized spacial score (nSPS) is 10.8. The fourth-order valence-electron chi connectivity index (χ4n) is 2.11. The first kappa shape index (κ1) is 15.0. The number of benzene rings is 1. The summed E-state index contributed by atoms with van der Waals surface area (Å²) in [6, 6.07) is 9.92. The van der Waals surface area contributed by atoms with Crippen molar-refractivity contribution in [2.75, 3.05) is 20.6 Å². The van der Waals surface area contributed by atoms with E-state index in [1.165, 1.54) is 6.07 Å². The van der Waals surface area contributed by atoms with Gasteiger partial charge in [-0.3, -0.25) is 4.79 Å². The molecule has 0 fully saturated rings. The molecule has 0 unspecified atom stereocenters. The minimum atomic E-state index is -0.948. The molecule has 0 aliphatic carbocycles. The number of carboxylic acid groups (broad SMARTS) is 1. The zero-order valence-corrected chi connectivity index (χ0v) is 12.1. The second kappa shape index (κ2) is 6.37. The van der Waals surface area contributed by atoms with Crippen LogP contribution in [0.5, 0.6) is 0 Å². The Hall–Kier alpha value is -2.40. The third-order valence-electron chi connectivity index (χ3n) is 3.25. The molecular formula is C16H18N2O3. The number of nitrogens with one attached hydrogen (secondary N) is 1. The number of hydrogen-bond donors (Lipinski definition) is 2. The summed E-state index contributed by atoms with van der Waals surface area (Å²) in [6.45, 7) is 0.820. The Morgan fingerprint density at radius 3 is 2.38 bits per heavy atom. The highest BCUT2D eigenvalue weighted by atomic mass is 16.4. The predicted octanol–water partition coefficient (Wildman–Crippen LogP) is 1.84. The highest BCUT2D eigenvalue weighted by Crippen LogP contribution is 2.22. The number of aromatic amines is 1. The third-order valence-corrected chi connectivity index (χ3v) is 3.25. The highest BCUT2D eigenvalue weighted by molar-refractivity contribution is 5.88. The van der Waals surface area contributed by atoms with Gasteiger partial charge in [-0.15, -0.1) is 0 Å². The zero-order valence-electron chi connectivity index (χ0n) is 12.1. The van der Waals surface area contributed by atoms with Gasteiger partial charge in [0.05, 0.1) is 5.56 Å². The predicted molar refractivity (Wildman–Crippen MR) is 81.7 cm³/mol. The van der Waals surface area contributed by atoms with E-state index in [1.54, 1.807) is 30.3 Å². The van der Waals surface area contributed by atoms with Crippen LogP contribution in [0, 0.1) is 0 Å². The maximum Gasteiger partial charge on any atom is 0.335 e. The summed E-state index contributed by atoms with van der Waals surface area (Å²) in [5.74, 6) is -0.948. The van der Waals surface area contributed by atoms with Crippen LogP contribution in [0.25, 0.3) is 11.1 Å². The van der Waals surface area contributed by atoms with Gasteiger partial charge < -0.3 is 15.0 Å². The summed E-state index contributed by atoms with van der Waals surface area (Å²) in [6.07, 6.45) is 0.721. The van der Waals surface area contributed by atoms with E-state index in [9.17, 15) is 9.59 Å². The Balaban J connectivity index is 2.37. The summed E-state index contributed by atoms with van der Waals surface area (Å²) in [5, 5.41) is 8.93. The van der Waals surface area contributed by atoms with Crippen molar-refractivity contribution in [3.8, 4) is 11.1 Å². The summed E-state index contributed by atoms with van der Waals surface area (Å²) in [5.41, 5.74) is 2.80. The average molecular weight is 286 g/mol.